The molecule has 0 saturated carbocycles. The molecule has 0 bridgehead atoms. The van der Waals surface area contributed by atoms with Crippen LogP contribution < -0.4 is 4.40 Å². The van der Waals surface area contributed by atoms with Gasteiger partial charge < -0.3 is 0 Å². The monoisotopic (exact) mass is 354 g/mol. The van der Waals surface area contributed by atoms with Crippen LogP contribution in [0.1, 0.15) is 0 Å². The van der Waals surface area contributed by atoms with Crippen LogP contribution in [-0.4, -0.2) is 19.2 Å². The van der Waals surface area contributed by atoms with Gasteiger partial charge in [0.05, 0.1) is 0 Å². The van der Waals surface area contributed by atoms with Crippen LogP contribution in [0.5, 0.6) is 0 Å². The maximum atomic E-state index is 5.74. The van der Waals surface area contributed by atoms with Gasteiger partial charge in [-0.15, -0.1) is 33.2 Å². The van der Waals surface area contributed by atoms with Gasteiger partial charge in [0.15, 0.2) is 0 Å². The van der Waals surface area contributed by atoms with Gasteiger partial charge in [-0.1, -0.05) is 0 Å². The molecule has 0 aliphatic heterocycles. The standard InChI is InChI=1S/C6H5Cl2Ge.Cl3Si/c7-9(8)6-4-2-1-3-5-6;1-4(2)3/h1-5H;. The predicted octanol–water partition coefficient (Wildman–Crippen LogP) is 3.55. The molecule has 13 heavy (non-hydrogen) atoms. The summed E-state index contributed by atoms with van der Waals surface area (Å²) in [6, 6.07) is 9.80. The average Bonchev–Trinajstić information content (AvgIpc) is 2.05. The zero-order valence-electron chi connectivity index (χ0n) is 6.28. The van der Waals surface area contributed by atoms with Crippen LogP contribution >= 0.6 is 53.3 Å². The van der Waals surface area contributed by atoms with E-state index < -0.39 is 19.2 Å². The fourth-order valence-corrected chi connectivity index (χ4v) is 2.81. The minimum absolute atomic E-state index is 1.11. The molecule has 0 heterocycles. The summed E-state index contributed by atoms with van der Waals surface area (Å²) < 4.78 is 1.11. The van der Waals surface area contributed by atoms with Crippen molar-refractivity contribution in [3.05, 3.63) is 30.3 Å². The van der Waals surface area contributed by atoms with Crippen LogP contribution in [0.25, 0.3) is 0 Å². The molecular weight excluding hydrogens is 350 g/mol. The van der Waals surface area contributed by atoms with Gasteiger partial charge in [-0.05, 0) is 0 Å². The van der Waals surface area contributed by atoms with Gasteiger partial charge in [0.25, 0.3) is 0 Å². The molecule has 1 aromatic carbocycles. The molecule has 0 aromatic heterocycles. The normalized spacial score (nSPS) is 9.77. The van der Waals surface area contributed by atoms with Gasteiger partial charge >= 0.3 is 74.0 Å². The van der Waals surface area contributed by atoms with Crippen LogP contribution in [-0.2, 0) is 0 Å². The molecule has 0 spiro atoms. The zero-order chi connectivity index (χ0) is 10.3. The quantitative estimate of drug-likeness (QED) is 0.534. The third-order valence-electron chi connectivity index (χ3n) is 0.992. The van der Waals surface area contributed by atoms with Crippen molar-refractivity contribution in [3.63, 3.8) is 0 Å². The van der Waals surface area contributed by atoms with Gasteiger partial charge in [0, 0.05) is 0 Å². The molecule has 0 atom stereocenters. The van der Waals surface area contributed by atoms with Crippen molar-refractivity contribution in [2.24, 2.45) is 0 Å². The van der Waals surface area contributed by atoms with Crippen molar-refractivity contribution >= 4 is 76.9 Å². The number of hydrogen-bond acceptors (Lipinski definition) is 0. The van der Waals surface area contributed by atoms with E-state index in [4.69, 9.17) is 53.3 Å². The molecule has 0 amide bonds. The first kappa shape index (κ1) is 14.4. The average molecular weight is 355 g/mol. The third kappa shape index (κ3) is 9.73. The number of benzene rings is 1. The molecule has 2 radical (unpaired) electrons. The predicted molar refractivity (Wildman–Crippen MR) is 66.8 cm³/mol. The van der Waals surface area contributed by atoms with E-state index in [0.29, 0.717) is 0 Å². The Balaban J connectivity index is 0.000000310. The molecule has 0 unspecified atom stereocenters. The van der Waals surface area contributed by atoms with Crippen molar-refractivity contribution < 1.29 is 0 Å². The van der Waals surface area contributed by atoms with Crippen molar-refractivity contribution in [1.29, 1.82) is 0 Å². The second kappa shape index (κ2) is 8.72. The Hall–Kier alpha value is 1.43. The van der Waals surface area contributed by atoms with E-state index in [1.54, 1.807) is 0 Å². The number of hydrogen-bond donors (Lipinski definition) is 0. The molecule has 0 aliphatic carbocycles. The number of halogens is 5. The van der Waals surface area contributed by atoms with E-state index in [0.717, 1.165) is 4.40 Å². The molecule has 72 valence electrons. The summed E-state index contributed by atoms with van der Waals surface area (Å²) in [5, 5.41) is 0. The summed E-state index contributed by atoms with van der Waals surface area (Å²) in [7, 11) is 11.5. The summed E-state index contributed by atoms with van der Waals surface area (Å²) in [5.41, 5.74) is 0. The van der Waals surface area contributed by atoms with Crippen molar-refractivity contribution in [3.8, 4) is 0 Å². The molecular formula is C6H5Cl5GeSi. The third-order valence-corrected chi connectivity index (χ3v) is 4.87. The zero-order valence-corrected chi connectivity index (χ0v) is 13.2. The number of rotatable bonds is 1. The first-order chi connectivity index (χ1) is 6.04. The van der Waals surface area contributed by atoms with Gasteiger partial charge in [-0.25, -0.2) is 0 Å². The maximum absolute atomic E-state index is 5.74. The van der Waals surface area contributed by atoms with Crippen LogP contribution in [0.4, 0.5) is 0 Å². The van der Waals surface area contributed by atoms with Gasteiger partial charge in [0.2, 0.25) is 0 Å². The van der Waals surface area contributed by atoms with E-state index in [1.165, 1.54) is 0 Å². The Morgan fingerprint density at radius 1 is 0.923 bits per heavy atom. The van der Waals surface area contributed by atoms with Gasteiger partial charge in [-0.2, -0.15) is 0 Å². The second-order valence-corrected chi connectivity index (χ2v) is 14.6. The van der Waals surface area contributed by atoms with Crippen LogP contribution in [0.2, 0.25) is 0 Å². The molecule has 1 rings (SSSR count). The van der Waals surface area contributed by atoms with Crippen molar-refractivity contribution in [1.82, 2.24) is 0 Å². The van der Waals surface area contributed by atoms with Crippen LogP contribution in [0.3, 0.4) is 0 Å². The summed E-state index contributed by atoms with van der Waals surface area (Å²) in [6.07, 6.45) is 0. The molecule has 0 fully saturated rings. The molecule has 0 N–H and O–H groups in total. The summed E-state index contributed by atoms with van der Waals surface area (Å²) >= 11 is 12.9. The molecule has 1 aromatic rings. The van der Waals surface area contributed by atoms with Crippen LogP contribution in [0, 0.1) is 0 Å². The van der Waals surface area contributed by atoms with E-state index in [-0.39, 0.29) is 0 Å². The fourth-order valence-electron chi connectivity index (χ4n) is 0.564. The Kier molecular flexibility index (Phi) is 9.67. The second-order valence-electron chi connectivity index (χ2n) is 1.84. The summed E-state index contributed by atoms with van der Waals surface area (Å²) in [4.78, 5) is 0. The SMILES string of the molecule is Cl[Si](Cl)Cl.[Cl][Ge]([Cl])[c]1ccccc1. The van der Waals surface area contributed by atoms with Crippen molar-refractivity contribution in [2.75, 3.05) is 0 Å². The van der Waals surface area contributed by atoms with Crippen molar-refractivity contribution in [2.45, 2.75) is 0 Å². The topological polar surface area (TPSA) is 0 Å². The van der Waals surface area contributed by atoms with E-state index >= 15 is 0 Å². The first-order valence-corrected chi connectivity index (χ1v) is 14.2. The Morgan fingerprint density at radius 3 is 1.54 bits per heavy atom. The summed E-state index contributed by atoms with van der Waals surface area (Å²) in [6.45, 7) is -1.46. The molecule has 0 saturated heterocycles. The van der Waals surface area contributed by atoms with Gasteiger partial charge in [-0.3, -0.25) is 0 Å². The summed E-state index contributed by atoms with van der Waals surface area (Å²) in [5.74, 6) is 0. The van der Waals surface area contributed by atoms with E-state index in [1.807, 2.05) is 30.3 Å². The Labute approximate surface area is 106 Å². The van der Waals surface area contributed by atoms with E-state index in [9.17, 15) is 0 Å². The molecule has 7 heteroatoms. The first-order valence-electron chi connectivity index (χ1n) is 3.11. The minimum atomic E-state index is -1.82. The fraction of sp³-hybridized carbons (Fsp3) is 0. The molecule has 0 aliphatic rings. The molecule has 0 nitrogen and oxygen atoms in total. The van der Waals surface area contributed by atoms with Gasteiger partial charge in [0.1, 0.15) is 0 Å². The van der Waals surface area contributed by atoms with Crippen LogP contribution in [0.15, 0.2) is 30.3 Å². The Bertz CT molecular complexity index is 215. The van der Waals surface area contributed by atoms with E-state index in [2.05, 4.69) is 0 Å². The Morgan fingerprint density at radius 2 is 1.31 bits per heavy atom.